The lowest BCUT2D eigenvalue weighted by molar-refractivity contribution is 0.788. The second-order valence-electron chi connectivity index (χ2n) is 4.84. The molecule has 0 amide bonds. The van der Waals surface area contributed by atoms with Crippen molar-refractivity contribution in [3.8, 4) is 0 Å². The first-order chi connectivity index (χ1) is 10.7. The summed E-state index contributed by atoms with van der Waals surface area (Å²) in [7, 11) is 3.91. The van der Waals surface area contributed by atoms with Crippen molar-refractivity contribution in [2.75, 3.05) is 0 Å². The first-order valence-electron chi connectivity index (χ1n) is 6.74. The Kier molecular flexibility index (Phi) is 4.79. The standard InChI is InChI=1S/C14H16N6S2/c1-19-9-15-17-13(19)21-7-11-3-5-12(6-4-11)8-22-14-18-16-10-20(14)2/h3-6,9-10H,7-8H2,1-2H3. The lowest BCUT2D eigenvalue weighted by Gasteiger charge is -2.04. The molecule has 0 N–H and O–H groups in total. The van der Waals surface area contributed by atoms with Crippen molar-refractivity contribution in [2.45, 2.75) is 21.8 Å². The molecule has 0 spiro atoms. The van der Waals surface area contributed by atoms with Gasteiger partial charge in [0.15, 0.2) is 10.3 Å². The zero-order chi connectivity index (χ0) is 15.4. The van der Waals surface area contributed by atoms with Crippen molar-refractivity contribution >= 4 is 23.5 Å². The van der Waals surface area contributed by atoms with Gasteiger partial charge in [0.05, 0.1) is 0 Å². The zero-order valence-electron chi connectivity index (χ0n) is 12.4. The molecule has 0 bridgehead atoms. The molecular formula is C14H16N6S2. The van der Waals surface area contributed by atoms with Crippen LogP contribution in [0.4, 0.5) is 0 Å². The highest BCUT2D eigenvalue weighted by Gasteiger charge is 2.04. The third-order valence-electron chi connectivity index (χ3n) is 3.10. The Balaban J connectivity index is 1.54. The number of hydrogen-bond acceptors (Lipinski definition) is 6. The minimum absolute atomic E-state index is 0.892. The van der Waals surface area contributed by atoms with E-state index in [2.05, 4.69) is 44.7 Å². The van der Waals surface area contributed by atoms with E-state index >= 15 is 0 Å². The maximum absolute atomic E-state index is 4.07. The zero-order valence-corrected chi connectivity index (χ0v) is 14.0. The van der Waals surface area contributed by atoms with Crippen LogP contribution in [-0.2, 0) is 25.6 Å². The Morgan fingerprint density at radius 2 is 1.18 bits per heavy atom. The molecule has 6 nitrogen and oxygen atoms in total. The van der Waals surface area contributed by atoms with Crippen LogP contribution < -0.4 is 0 Å². The van der Waals surface area contributed by atoms with Gasteiger partial charge in [0.1, 0.15) is 12.7 Å². The van der Waals surface area contributed by atoms with Gasteiger partial charge in [-0.25, -0.2) is 0 Å². The van der Waals surface area contributed by atoms with Gasteiger partial charge in [0.2, 0.25) is 0 Å². The van der Waals surface area contributed by atoms with Crippen LogP contribution in [0, 0.1) is 0 Å². The molecule has 0 aliphatic rings. The number of aryl methyl sites for hydroxylation is 2. The summed E-state index contributed by atoms with van der Waals surface area (Å²) in [4.78, 5) is 0. The van der Waals surface area contributed by atoms with E-state index in [0.717, 1.165) is 21.8 Å². The monoisotopic (exact) mass is 332 g/mol. The minimum Gasteiger partial charge on any atom is -0.312 e. The number of thioether (sulfide) groups is 2. The van der Waals surface area contributed by atoms with Crippen LogP contribution in [0.5, 0.6) is 0 Å². The predicted molar refractivity (Wildman–Crippen MR) is 87.6 cm³/mol. The van der Waals surface area contributed by atoms with Gasteiger partial charge in [-0.3, -0.25) is 0 Å². The molecule has 0 saturated carbocycles. The topological polar surface area (TPSA) is 61.4 Å². The first-order valence-corrected chi connectivity index (χ1v) is 8.71. The fourth-order valence-electron chi connectivity index (χ4n) is 1.83. The molecule has 2 aromatic heterocycles. The van der Waals surface area contributed by atoms with Crippen molar-refractivity contribution in [2.24, 2.45) is 14.1 Å². The molecule has 0 saturated heterocycles. The molecule has 3 rings (SSSR count). The number of benzene rings is 1. The number of aromatic nitrogens is 6. The summed E-state index contributed by atoms with van der Waals surface area (Å²) in [6, 6.07) is 8.65. The molecule has 1 aromatic carbocycles. The molecule has 0 unspecified atom stereocenters. The first kappa shape index (κ1) is 15.1. The summed E-state index contributed by atoms with van der Waals surface area (Å²) < 4.78 is 3.85. The Morgan fingerprint density at radius 3 is 1.50 bits per heavy atom. The van der Waals surface area contributed by atoms with Gasteiger partial charge in [-0.15, -0.1) is 20.4 Å². The Labute approximate surface area is 137 Å². The average Bonchev–Trinajstić information content (AvgIpc) is 3.12. The molecule has 2 heterocycles. The van der Waals surface area contributed by atoms with Crippen LogP contribution in [0.1, 0.15) is 11.1 Å². The third kappa shape index (κ3) is 3.69. The lowest BCUT2D eigenvalue weighted by Crippen LogP contribution is -1.91. The SMILES string of the molecule is Cn1cnnc1SCc1ccc(CSc2nncn2C)cc1. The Morgan fingerprint density at radius 1 is 0.773 bits per heavy atom. The van der Waals surface area contributed by atoms with E-state index in [0.29, 0.717) is 0 Å². The van der Waals surface area contributed by atoms with Crippen molar-refractivity contribution in [1.29, 1.82) is 0 Å². The van der Waals surface area contributed by atoms with Crippen LogP contribution in [-0.4, -0.2) is 29.5 Å². The van der Waals surface area contributed by atoms with E-state index in [9.17, 15) is 0 Å². The summed E-state index contributed by atoms with van der Waals surface area (Å²) in [5.74, 6) is 1.78. The largest absolute Gasteiger partial charge is 0.312 e. The van der Waals surface area contributed by atoms with E-state index < -0.39 is 0 Å². The predicted octanol–water partition coefficient (Wildman–Crippen LogP) is 2.53. The Hall–Kier alpha value is -1.80. The highest BCUT2D eigenvalue weighted by molar-refractivity contribution is 7.98. The van der Waals surface area contributed by atoms with Crippen LogP contribution in [0.25, 0.3) is 0 Å². The number of hydrogen-bond donors (Lipinski definition) is 0. The molecule has 0 radical (unpaired) electrons. The van der Waals surface area contributed by atoms with Crippen LogP contribution in [0.3, 0.4) is 0 Å². The van der Waals surface area contributed by atoms with Gasteiger partial charge in [-0.05, 0) is 11.1 Å². The number of rotatable bonds is 6. The highest BCUT2D eigenvalue weighted by Crippen LogP contribution is 2.23. The van der Waals surface area contributed by atoms with Gasteiger partial charge >= 0.3 is 0 Å². The molecule has 114 valence electrons. The van der Waals surface area contributed by atoms with Crippen molar-refractivity contribution < 1.29 is 0 Å². The van der Waals surface area contributed by atoms with Crippen LogP contribution in [0.2, 0.25) is 0 Å². The van der Waals surface area contributed by atoms with Gasteiger partial charge in [-0.2, -0.15) is 0 Å². The van der Waals surface area contributed by atoms with E-state index in [4.69, 9.17) is 0 Å². The molecule has 0 atom stereocenters. The van der Waals surface area contributed by atoms with Gasteiger partial charge in [0, 0.05) is 25.6 Å². The molecule has 0 fully saturated rings. The van der Waals surface area contributed by atoms with Gasteiger partial charge in [0.25, 0.3) is 0 Å². The van der Waals surface area contributed by atoms with Crippen molar-refractivity contribution in [3.63, 3.8) is 0 Å². The Bertz CT molecular complexity index is 671. The van der Waals surface area contributed by atoms with Gasteiger partial charge < -0.3 is 9.13 Å². The summed E-state index contributed by atoms with van der Waals surface area (Å²) in [5.41, 5.74) is 2.56. The van der Waals surface area contributed by atoms with Crippen LogP contribution >= 0.6 is 23.5 Å². The fraction of sp³-hybridized carbons (Fsp3) is 0.286. The highest BCUT2D eigenvalue weighted by atomic mass is 32.2. The van der Waals surface area contributed by atoms with E-state index in [1.54, 1.807) is 36.2 Å². The molecule has 22 heavy (non-hydrogen) atoms. The smallest absolute Gasteiger partial charge is 0.191 e. The van der Waals surface area contributed by atoms with E-state index in [-0.39, 0.29) is 0 Å². The summed E-state index contributed by atoms with van der Waals surface area (Å²) in [6.45, 7) is 0. The van der Waals surface area contributed by atoms with E-state index in [1.165, 1.54) is 11.1 Å². The molecule has 0 aliphatic carbocycles. The molecule has 8 heteroatoms. The maximum Gasteiger partial charge on any atom is 0.191 e. The summed E-state index contributed by atoms with van der Waals surface area (Å²) >= 11 is 3.38. The molecular weight excluding hydrogens is 316 g/mol. The fourth-order valence-corrected chi connectivity index (χ4v) is 3.52. The van der Waals surface area contributed by atoms with Gasteiger partial charge in [-0.1, -0.05) is 47.8 Å². The minimum atomic E-state index is 0.892. The average molecular weight is 332 g/mol. The van der Waals surface area contributed by atoms with Crippen molar-refractivity contribution in [1.82, 2.24) is 29.5 Å². The second kappa shape index (κ2) is 6.97. The van der Waals surface area contributed by atoms with E-state index in [1.807, 2.05) is 23.2 Å². The third-order valence-corrected chi connectivity index (χ3v) is 5.31. The molecule has 0 aliphatic heterocycles. The van der Waals surface area contributed by atoms with Crippen LogP contribution in [0.15, 0.2) is 47.2 Å². The number of nitrogens with zero attached hydrogens (tertiary/aromatic N) is 6. The second-order valence-corrected chi connectivity index (χ2v) is 6.73. The lowest BCUT2D eigenvalue weighted by atomic mass is 10.2. The maximum atomic E-state index is 4.07. The normalized spacial score (nSPS) is 11.0. The quantitative estimate of drug-likeness (QED) is 0.647. The summed E-state index contributed by atoms with van der Waals surface area (Å²) in [5, 5.41) is 17.8. The summed E-state index contributed by atoms with van der Waals surface area (Å²) in [6.07, 6.45) is 3.43. The molecule has 3 aromatic rings. The van der Waals surface area contributed by atoms with Crippen molar-refractivity contribution in [3.05, 3.63) is 48.0 Å².